The number of thiophene rings is 1. The van der Waals surface area contributed by atoms with E-state index >= 15 is 0 Å². The molecule has 0 saturated heterocycles. The normalized spacial score (nSPS) is 10.7. The molecule has 0 fully saturated rings. The van der Waals surface area contributed by atoms with Crippen LogP contribution in [0.1, 0.15) is 38.1 Å². The molecule has 0 aliphatic carbocycles. The number of oxazole rings is 1. The Morgan fingerprint density at radius 1 is 1.38 bits per heavy atom. The number of hydrogen-bond acceptors (Lipinski definition) is 5. The number of aryl methyl sites for hydroxylation is 1. The van der Waals surface area contributed by atoms with Crippen LogP contribution in [0.25, 0.3) is 11.5 Å². The maximum Gasteiger partial charge on any atom is 0.227 e. The van der Waals surface area contributed by atoms with Gasteiger partial charge in [-0.05, 0) is 31.2 Å². The molecule has 136 valence electrons. The molecule has 0 aliphatic rings. The number of aromatic nitrogens is 1. The Labute approximate surface area is 159 Å². The molecular weight excluding hydrogens is 369 g/mol. The summed E-state index contributed by atoms with van der Waals surface area (Å²) in [6.07, 6.45) is 1.83. The zero-order valence-electron chi connectivity index (χ0n) is 14.1. The van der Waals surface area contributed by atoms with E-state index in [2.05, 4.69) is 10.3 Å². The Kier molecular flexibility index (Phi) is 9.58. The first-order valence-electron chi connectivity index (χ1n) is 7.53. The van der Waals surface area contributed by atoms with E-state index in [1.54, 1.807) is 11.3 Å². The van der Waals surface area contributed by atoms with Gasteiger partial charge in [0, 0.05) is 17.5 Å². The number of halogens is 2. The molecule has 3 N–H and O–H groups in total. The first-order valence-corrected chi connectivity index (χ1v) is 8.47. The summed E-state index contributed by atoms with van der Waals surface area (Å²) in [5.41, 5.74) is 7.11. The first kappa shape index (κ1) is 22.9. The van der Waals surface area contributed by atoms with Crippen LogP contribution in [0.5, 0.6) is 0 Å². The van der Waals surface area contributed by atoms with Crippen LogP contribution >= 0.6 is 36.2 Å². The van der Waals surface area contributed by atoms with E-state index in [1.165, 1.54) is 0 Å². The van der Waals surface area contributed by atoms with Crippen LogP contribution in [-0.4, -0.2) is 23.0 Å². The van der Waals surface area contributed by atoms with E-state index in [-0.39, 0.29) is 42.7 Å². The smallest absolute Gasteiger partial charge is 0.227 e. The monoisotopic (exact) mass is 393 g/mol. The largest absolute Gasteiger partial charge is 0.441 e. The average molecular weight is 394 g/mol. The topological polar surface area (TPSA) is 81.1 Å². The van der Waals surface area contributed by atoms with Gasteiger partial charge in [-0.15, -0.1) is 24.8 Å². The van der Waals surface area contributed by atoms with E-state index < -0.39 is 0 Å². The molecule has 0 unspecified atom stereocenters. The van der Waals surface area contributed by atoms with E-state index in [4.69, 9.17) is 10.2 Å². The highest BCUT2D eigenvalue weighted by Crippen LogP contribution is 2.24. The van der Waals surface area contributed by atoms with Crippen molar-refractivity contribution in [3.05, 3.63) is 28.3 Å². The molecule has 0 spiro atoms. The lowest BCUT2D eigenvalue weighted by molar-refractivity contribution is -0.122. The van der Waals surface area contributed by atoms with Gasteiger partial charge in [-0.25, -0.2) is 4.98 Å². The fourth-order valence-electron chi connectivity index (χ4n) is 2.36. The predicted octanol–water partition coefficient (Wildman–Crippen LogP) is 3.73. The molecule has 2 aromatic heterocycles. The lowest BCUT2D eigenvalue weighted by Crippen LogP contribution is -2.53. The number of rotatable bonds is 7. The molecule has 2 aromatic rings. The number of nitrogens with zero attached hydrogens (tertiary/aromatic N) is 1. The van der Waals surface area contributed by atoms with E-state index in [0.29, 0.717) is 23.9 Å². The maximum absolute atomic E-state index is 12.3. The second kappa shape index (κ2) is 10.0. The van der Waals surface area contributed by atoms with Crippen LogP contribution in [0.4, 0.5) is 0 Å². The molecule has 2 heterocycles. The number of carbonyl (C=O) groups is 1. The molecule has 0 saturated carbocycles. The number of carbonyl (C=O) groups excluding carboxylic acids is 1. The molecule has 0 bridgehead atoms. The Balaban J connectivity index is 0.00000264. The molecule has 8 heteroatoms. The minimum absolute atomic E-state index is 0. The van der Waals surface area contributed by atoms with E-state index in [9.17, 15) is 4.79 Å². The van der Waals surface area contributed by atoms with Crippen molar-refractivity contribution in [1.82, 2.24) is 10.3 Å². The van der Waals surface area contributed by atoms with Gasteiger partial charge in [-0.1, -0.05) is 13.8 Å². The SMILES string of the molecule is CCC(CC)(CN)NC(=O)Cc1nc(-c2ccsc2)oc1C.Cl.Cl. The van der Waals surface area contributed by atoms with Crippen molar-refractivity contribution in [3.8, 4) is 11.5 Å². The van der Waals surface area contributed by atoms with E-state index in [1.807, 2.05) is 37.6 Å². The summed E-state index contributed by atoms with van der Waals surface area (Å²) in [5, 5.41) is 7.00. The third-order valence-electron chi connectivity index (χ3n) is 4.14. The Hall–Kier alpha value is -1.08. The number of hydrogen-bond donors (Lipinski definition) is 2. The van der Waals surface area contributed by atoms with Gasteiger partial charge in [0.1, 0.15) is 5.76 Å². The lowest BCUT2D eigenvalue weighted by atomic mass is 9.92. The Morgan fingerprint density at radius 2 is 2.04 bits per heavy atom. The summed E-state index contributed by atoms with van der Waals surface area (Å²) >= 11 is 1.59. The van der Waals surface area contributed by atoms with Crippen LogP contribution in [0.2, 0.25) is 0 Å². The molecule has 0 aliphatic heterocycles. The van der Waals surface area contributed by atoms with Gasteiger partial charge in [0.25, 0.3) is 0 Å². The Bertz CT molecular complexity index is 617. The van der Waals surface area contributed by atoms with Gasteiger partial charge in [0.05, 0.1) is 17.7 Å². The van der Waals surface area contributed by atoms with Crippen molar-refractivity contribution in [3.63, 3.8) is 0 Å². The van der Waals surface area contributed by atoms with Gasteiger partial charge >= 0.3 is 0 Å². The van der Waals surface area contributed by atoms with Gasteiger partial charge in [0.15, 0.2) is 0 Å². The second-order valence-electron chi connectivity index (χ2n) is 5.45. The minimum atomic E-state index is -0.328. The molecule has 0 radical (unpaired) electrons. The first-order chi connectivity index (χ1) is 10.5. The number of nitrogens with one attached hydrogen (secondary N) is 1. The second-order valence-corrected chi connectivity index (χ2v) is 6.23. The minimum Gasteiger partial charge on any atom is -0.441 e. The molecule has 0 aromatic carbocycles. The predicted molar refractivity (Wildman–Crippen MR) is 103 cm³/mol. The Morgan fingerprint density at radius 3 is 2.54 bits per heavy atom. The van der Waals surface area contributed by atoms with Crippen molar-refractivity contribution >= 4 is 42.1 Å². The number of amides is 1. The molecule has 2 rings (SSSR count). The summed E-state index contributed by atoms with van der Waals surface area (Å²) in [5.74, 6) is 1.18. The van der Waals surface area contributed by atoms with Crippen molar-refractivity contribution in [2.75, 3.05) is 6.54 Å². The molecular formula is C16H25Cl2N3O2S. The zero-order valence-corrected chi connectivity index (χ0v) is 16.6. The van der Waals surface area contributed by atoms with Gasteiger partial charge < -0.3 is 15.5 Å². The van der Waals surface area contributed by atoms with E-state index in [0.717, 1.165) is 18.4 Å². The van der Waals surface area contributed by atoms with Gasteiger partial charge in [0.2, 0.25) is 11.8 Å². The highest BCUT2D eigenvalue weighted by molar-refractivity contribution is 7.08. The quantitative estimate of drug-likeness (QED) is 0.750. The molecule has 5 nitrogen and oxygen atoms in total. The highest BCUT2D eigenvalue weighted by atomic mass is 35.5. The van der Waals surface area contributed by atoms with Crippen LogP contribution in [0.15, 0.2) is 21.2 Å². The average Bonchev–Trinajstić information content (AvgIpc) is 3.15. The highest BCUT2D eigenvalue weighted by Gasteiger charge is 2.27. The van der Waals surface area contributed by atoms with Crippen LogP contribution in [0, 0.1) is 6.92 Å². The molecule has 24 heavy (non-hydrogen) atoms. The summed E-state index contributed by atoms with van der Waals surface area (Å²) < 4.78 is 5.66. The van der Waals surface area contributed by atoms with Crippen LogP contribution in [0.3, 0.4) is 0 Å². The van der Waals surface area contributed by atoms with Gasteiger partial charge in [-0.3, -0.25) is 4.79 Å². The third-order valence-corrected chi connectivity index (χ3v) is 4.82. The van der Waals surface area contributed by atoms with Crippen molar-refractivity contribution in [1.29, 1.82) is 0 Å². The molecule has 1 amide bonds. The van der Waals surface area contributed by atoms with Crippen LogP contribution < -0.4 is 11.1 Å². The lowest BCUT2D eigenvalue weighted by Gasteiger charge is -2.31. The summed E-state index contributed by atoms with van der Waals surface area (Å²) in [7, 11) is 0. The number of nitrogens with two attached hydrogens (primary N) is 1. The van der Waals surface area contributed by atoms with Gasteiger partial charge in [-0.2, -0.15) is 11.3 Å². The van der Waals surface area contributed by atoms with Crippen molar-refractivity contribution in [2.45, 2.75) is 45.6 Å². The summed E-state index contributed by atoms with van der Waals surface area (Å²) in [6.45, 7) is 6.34. The molecule has 0 atom stereocenters. The fraction of sp³-hybridized carbons (Fsp3) is 0.500. The van der Waals surface area contributed by atoms with Crippen LogP contribution in [-0.2, 0) is 11.2 Å². The summed E-state index contributed by atoms with van der Waals surface area (Å²) in [6, 6.07) is 1.95. The van der Waals surface area contributed by atoms with Crippen molar-refractivity contribution < 1.29 is 9.21 Å². The zero-order chi connectivity index (χ0) is 16.2. The van der Waals surface area contributed by atoms with Crippen molar-refractivity contribution in [2.24, 2.45) is 5.73 Å². The third kappa shape index (κ3) is 5.21. The standard InChI is InChI=1S/C16H23N3O2S.2ClH/c1-4-16(5-2,10-17)19-14(20)8-13-11(3)21-15(18-13)12-6-7-22-9-12;;/h6-7,9H,4-5,8,10,17H2,1-3H3,(H,19,20);2*1H. The fourth-order valence-corrected chi connectivity index (χ4v) is 2.99. The maximum atomic E-state index is 12.3. The summed E-state index contributed by atoms with van der Waals surface area (Å²) in [4.78, 5) is 16.8.